The Kier molecular flexibility index (Phi) is 6.40. The number of carbonyl (C=O) groups excluding carboxylic acids is 2. The smallest absolute Gasteiger partial charge is 0.271 e. The molecule has 0 aliphatic carbocycles. The number of carbonyl (C=O) groups is 2. The van der Waals surface area contributed by atoms with Crippen molar-refractivity contribution in [1.29, 1.82) is 0 Å². The molecule has 6 N–H and O–H groups in total. The zero-order valence-electron chi connectivity index (χ0n) is 17.7. The third kappa shape index (κ3) is 5.40. The Hall–Kier alpha value is -4.53. The zero-order valence-corrected chi connectivity index (χ0v) is 17.7. The summed E-state index contributed by atoms with van der Waals surface area (Å²) in [6, 6.07) is 18.4. The number of nitrogens with zero attached hydrogens (tertiary/aromatic N) is 3. The fourth-order valence-electron chi connectivity index (χ4n) is 3.44. The minimum atomic E-state index is -0.727. The maximum absolute atomic E-state index is 12.0. The molecule has 1 atom stereocenters. The molecule has 0 fully saturated rings. The van der Waals surface area contributed by atoms with Crippen molar-refractivity contribution in [2.24, 2.45) is 11.5 Å². The lowest BCUT2D eigenvalue weighted by molar-refractivity contribution is -0.118. The quantitative estimate of drug-likeness (QED) is 0.312. The van der Waals surface area contributed by atoms with E-state index in [0.29, 0.717) is 24.3 Å². The number of nitrogens with one attached hydrogen (secondary N) is 2. The first-order valence-electron chi connectivity index (χ1n) is 10.4. The molecule has 9 heteroatoms. The van der Waals surface area contributed by atoms with E-state index in [4.69, 9.17) is 11.5 Å². The van der Waals surface area contributed by atoms with Crippen molar-refractivity contribution >= 4 is 40.0 Å². The van der Waals surface area contributed by atoms with Crippen molar-refractivity contribution in [3.63, 3.8) is 0 Å². The van der Waals surface area contributed by atoms with Crippen LogP contribution >= 0.6 is 0 Å². The predicted molar refractivity (Wildman–Crippen MR) is 127 cm³/mol. The molecule has 4 aromatic rings. The van der Waals surface area contributed by atoms with Crippen LogP contribution in [0.5, 0.6) is 0 Å². The number of aromatic nitrogens is 3. The molecule has 2 heterocycles. The number of fused-ring (bicyclic) bond motifs is 1. The van der Waals surface area contributed by atoms with Gasteiger partial charge in [0.05, 0.1) is 11.7 Å². The molecule has 9 nitrogen and oxygen atoms in total. The Labute approximate surface area is 190 Å². The monoisotopic (exact) mass is 441 g/mol. The van der Waals surface area contributed by atoms with E-state index in [9.17, 15) is 9.59 Å². The van der Waals surface area contributed by atoms with Gasteiger partial charge in [0.2, 0.25) is 5.91 Å². The number of amides is 2. The molecule has 0 bridgehead atoms. The summed E-state index contributed by atoms with van der Waals surface area (Å²) in [4.78, 5) is 36.8. The summed E-state index contributed by atoms with van der Waals surface area (Å²) in [5.74, 6) is -0.776. The average molecular weight is 441 g/mol. The molecule has 33 heavy (non-hydrogen) atoms. The maximum atomic E-state index is 12.0. The van der Waals surface area contributed by atoms with Gasteiger partial charge in [-0.3, -0.25) is 14.6 Å². The number of anilines is 3. The number of rotatable bonds is 9. The highest BCUT2D eigenvalue weighted by Gasteiger charge is 2.19. The van der Waals surface area contributed by atoms with Crippen LogP contribution in [0, 0.1) is 0 Å². The van der Waals surface area contributed by atoms with E-state index in [1.807, 2.05) is 60.7 Å². The van der Waals surface area contributed by atoms with Crippen LogP contribution in [-0.4, -0.2) is 32.8 Å². The van der Waals surface area contributed by atoms with Crippen LogP contribution in [0.1, 0.15) is 22.5 Å². The van der Waals surface area contributed by atoms with E-state index in [2.05, 4.69) is 25.6 Å². The van der Waals surface area contributed by atoms with Gasteiger partial charge in [0.1, 0.15) is 11.9 Å². The average Bonchev–Trinajstić information content (AvgIpc) is 2.82. The second kappa shape index (κ2) is 9.73. The summed E-state index contributed by atoms with van der Waals surface area (Å²) < 4.78 is 0. The second-order valence-electron chi connectivity index (χ2n) is 7.48. The molecule has 0 saturated carbocycles. The van der Waals surface area contributed by atoms with Gasteiger partial charge in [-0.15, -0.1) is 0 Å². The van der Waals surface area contributed by atoms with Crippen molar-refractivity contribution in [2.75, 3.05) is 10.6 Å². The summed E-state index contributed by atoms with van der Waals surface area (Å²) in [5, 5.41) is 7.03. The van der Waals surface area contributed by atoms with Crippen LogP contribution in [0.25, 0.3) is 10.9 Å². The Balaban J connectivity index is 1.56. The summed E-state index contributed by atoms with van der Waals surface area (Å²) >= 11 is 0. The molecule has 0 unspecified atom stereocenters. The van der Waals surface area contributed by atoms with Crippen molar-refractivity contribution in [3.05, 3.63) is 84.3 Å². The van der Waals surface area contributed by atoms with Crippen molar-refractivity contribution < 1.29 is 9.59 Å². The van der Waals surface area contributed by atoms with E-state index in [1.165, 1.54) is 6.20 Å². The molecule has 0 saturated heterocycles. The predicted octanol–water partition coefficient (Wildman–Crippen LogP) is 2.77. The number of hydrogen-bond donors (Lipinski definition) is 4. The van der Waals surface area contributed by atoms with Gasteiger partial charge in [0.25, 0.3) is 5.91 Å². The van der Waals surface area contributed by atoms with E-state index in [0.717, 1.165) is 16.5 Å². The minimum Gasteiger partial charge on any atom is -0.368 e. The standard InChI is InChI=1S/C24H23N7O2/c25-22(32)19(10-8-15-5-2-1-3-6-15)30-20-14-28-21(23(26)33)24(31-20)29-17-9-11-18-16(13-17)7-4-12-27-18/h1-7,9,11-14,19H,8,10H2,(H2,25,32)(H2,26,33)(H2,29,30,31)/t19-/m1/s1. The summed E-state index contributed by atoms with van der Waals surface area (Å²) in [7, 11) is 0. The number of aryl methyl sites for hydroxylation is 1. The number of primary amides is 2. The zero-order chi connectivity index (χ0) is 23.2. The molecule has 0 spiro atoms. The van der Waals surface area contributed by atoms with Gasteiger partial charge in [0, 0.05) is 17.3 Å². The van der Waals surface area contributed by atoms with Crippen LogP contribution < -0.4 is 22.1 Å². The Morgan fingerprint density at radius 3 is 2.55 bits per heavy atom. The first-order valence-corrected chi connectivity index (χ1v) is 10.4. The molecular formula is C24H23N7O2. The van der Waals surface area contributed by atoms with E-state index in [-0.39, 0.29) is 11.5 Å². The SMILES string of the molecule is NC(=O)c1ncc(N[C@H](CCc2ccccc2)C(N)=O)nc1Nc1ccc2ncccc2c1. The van der Waals surface area contributed by atoms with Gasteiger partial charge < -0.3 is 22.1 Å². The van der Waals surface area contributed by atoms with Crippen LogP contribution in [0.15, 0.2) is 73.1 Å². The van der Waals surface area contributed by atoms with E-state index < -0.39 is 17.9 Å². The van der Waals surface area contributed by atoms with Crippen LogP contribution in [0.4, 0.5) is 17.3 Å². The largest absolute Gasteiger partial charge is 0.368 e. The van der Waals surface area contributed by atoms with E-state index >= 15 is 0 Å². The van der Waals surface area contributed by atoms with Crippen molar-refractivity contribution in [3.8, 4) is 0 Å². The van der Waals surface area contributed by atoms with Gasteiger partial charge >= 0.3 is 0 Å². The summed E-state index contributed by atoms with van der Waals surface area (Å²) in [5.41, 5.74) is 13.7. The van der Waals surface area contributed by atoms with Gasteiger partial charge in [-0.1, -0.05) is 36.4 Å². The van der Waals surface area contributed by atoms with Gasteiger partial charge in [-0.05, 0) is 42.7 Å². The van der Waals surface area contributed by atoms with E-state index in [1.54, 1.807) is 6.20 Å². The minimum absolute atomic E-state index is 0.0215. The van der Waals surface area contributed by atoms with Crippen molar-refractivity contribution in [2.45, 2.75) is 18.9 Å². The maximum Gasteiger partial charge on any atom is 0.271 e. The van der Waals surface area contributed by atoms with Crippen LogP contribution in [0.2, 0.25) is 0 Å². The number of hydrogen-bond acceptors (Lipinski definition) is 7. The highest BCUT2D eigenvalue weighted by molar-refractivity contribution is 5.97. The Bertz CT molecular complexity index is 1290. The van der Waals surface area contributed by atoms with Crippen LogP contribution in [0.3, 0.4) is 0 Å². The Morgan fingerprint density at radius 1 is 0.970 bits per heavy atom. The molecule has 0 aliphatic heterocycles. The lowest BCUT2D eigenvalue weighted by Crippen LogP contribution is -2.36. The Morgan fingerprint density at radius 2 is 1.79 bits per heavy atom. The normalized spacial score (nSPS) is 11.6. The third-order valence-corrected chi connectivity index (χ3v) is 5.10. The lowest BCUT2D eigenvalue weighted by atomic mass is 10.0. The fraction of sp³-hybridized carbons (Fsp3) is 0.125. The van der Waals surface area contributed by atoms with Crippen molar-refractivity contribution in [1.82, 2.24) is 15.0 Å². The number of nitrogens with two attached hydrogens (primary N) is 2. The molecule has 2 aromatic carbocycles. The van der Waals surface area contributed by atoms with Crippen LogP contribution in [-0.2, 0) is 11.2 Å². The van der Waals surface area contributed by atoms with Gasteiger partial charge in [-0.25, -0.2) is 9.97 Å². The summed E-state index contributed by atoms with van der Waals surface area (Å²) in [6.45, 7) is 0. The third-order valence-electron chi connectivity index (χ3n) is 5.10. The molecular weight excluding hydrogens is 418 g/mol. The molecule has 2 amide bonds. The molecule has 2 aromatic heterocycles. The molecule has 0 aliphatic rings. The molecule has 4 rings (SSSR count). The number of pyridine rings is 1. The molecule has 0 radical (unpaired) electrons. The highest BCUT2D eigenvalue weighted by atomic mass is 16.1. The fourth-order valence-corrected chi connectivity index (χ4v) is 3.44. The summed E-state index contributed by atoms with van der Waals surface area (Å²) in [6.07, 6.45) is 4.20. The number of benzene rings is 2. The topological polar surface area (TPSA) is 149 Å². The van der Waals surface area contributed by atoms with Gasteiger partial charge in [0.15, 0.2) is 11.5 Å². The lowest BCUT2D eigenvalue weighted by Gasteiger charge is -2.17. The first kappa shape index (κ1) is 21.7. The first-order chi connectivity index (χ1) is 16.0. The highest BCUT2D eigenvalue weighted by Crippen LogP contribution is 2.23. The second-order valence-corrected chi connectivity index (χ2v) is 7.48. The van der Waals surface area contributed by atoms with Gasteiger partial charge in [-0.2, -0.15) is 0 Å². The molecule has 166 valence electrons.